The summed E-state index contributed by atoms with van der Waals surface area (Å²) in [4.78, 5) is 8.29. The minimum Gasteiger partial charge on any atom is -0.331 e. The van der Waals surface area contributed by atoms with Crippen molar-refractivity contribution in [1.82, 2.24) is 19.1 Å². The molecule has 0 bridgehead atoms. The molecule has 0 aliphatic rings. The van der Waals surface area contributed by atoms with Crippen LogP contribution in [0.25, 0.3) is 5.69 Å². The van der Waals surface area contributed by atoms with E-state index in [-0.39, 0.29) is 24.8 Å². The lowest BCUT2D eigenvalue weighted by molar-refractivity contribution is 0.609. The maximum atomic E-state index is 13.7. The van der Waals surface area contributed by atoms with E-state index in [1.165, 1.54) is 6.07 Å². The minimum absolute atomic E-state index is 0. The second-order valence-corrected chi connectivity index (χ2v) is 4.49. The molecule has 7 heteroatoms. The van der Waals surface area contributed by atoms with Crippen LogP contribution in [0.3, 0.4) is 0 Å². The maximum Gasteiger partial charge on any atom is 0.129 e. The van der Waals surface area contributed by atoms with Gasteiger partial charge in [0.15, 0.2) is 0 Å². The number of hydrogen-bond acceptors (Lipinski definition) is 3. The van der Waals surface area contributed by atoms with Crippen LogP contribution in [-0.2, 0) is 13.1 Å². The molecule has 0 atom stereocenters. The highest BCUT2D eigenvalue weighted by Crippen LogP contribution is 2.14. The van der Waals surface area contributed by atoms with Crippen molar-refractivity contribution in [3.8, 4) is 5.69 Å². The van der Waals surface area contributed by atoms with Gasteiger partial charge in [0, 0.05) is 36.4 Å². The molecule has 0 radical (unpaired) electrons. The molecule has 0 saturated carbocycles. The van der Waals surface area contributed by atoms with Crippen molar-refractivity contribution in [2.75, 3.05) is 0 Å². The maximum absolute atomic E-state index is 13.7. The van der Waals surface area contributed by atoms with Crippen molar-refractivity contribution in [2.45, 2.75) is 13.1 Å². The quantitative estimate of drug-likeness (QED) is 0.803. The van der Waals surface area contributed by atoms with Gasteiger partial charge in [-0.2, -0.15) is 0 Å². The molecule has 0 aliphatic heterocycles. The number of nitrogens with zero attached hydrogens (tertiary/aromatic N) is 4. The Bertz CT molecular complexity index is 708. The highest BCUT2D eigenvalue weighted by molar-refractivity contribution is 5.85. The van der Waals surface area contributed by atoms with E-state index in [0.29, 0.717) is 12.1 Å². The standard InChI is InChI=1S/C14H14FN5.ClH/c15-14-5-13(2-1-11(14)6-16)20-8-12(18-10-20)7-19-4-3-17-9-19;/h1-5,8-10H,6-7,16H2;1H. The van der Waals surface area contributed by atoms with Crippen LogP contribution >= 0.6 is 12.4 Å². The molecule has 21 heavy (non-hydrogen) atoms. The van der Waals surface area contributed by atoms with Gasteiger partial charge in [-0.15, -0.1) is 12.4 Å². The van der Waals surface area contributed by atoms with E-state index < -0.39 is 0 Å². The van der Waals surface area contributed by atoms with Gasteiger partial charge in [-0.05, 0) is 12.1 Å². The highest BCUT2D eigenvalue weighted by Gasteiger charge is 2.05. The Morgan fingerprint density at radius 3 is 2.76 bits per heavy atom. The van der Waals surface area contributed by atoms with Crippen molar-refractivity contribution in [2.24, 2.45) is 5.73 Å². The summed E-state index contributed by atoms with van der Waals surface area (Å²) in [6.07, 6.45) is 8.86. The molecule has 5 nitrogen and oxygen atoms in total. The molecule has 3 aromatic rings. The Balaban J connectivity index is 0.00000161. The molecule has 0 amide bonds. The molecule has 0 aliphatic carbocycles. The molecule has 3 rings (SSSR count). The Labute approximate surface area is 127 Å². The number of halogens is 2. The molecule has 1 aromatic carbocycles. The van der Waals surface area contributed by atoms with Gasteiger partial charge in [0.1, 0.15) is 5.82 Å². The van der Waals surface area contributed by atoms with Crippen molar-refractivity contribution >= 4 is 12.4 Å². The first-order valence-electron chi connectivity index (χ1n) is 6.24. The Morgan fingerprint density at radius 2 is 2.10 bits per heavy atom. The van der Waals surface area contributed by atoms with E-state index in [1.54, 1.807) is 29.5 Å². The topological polar surface area (TPSA) is 61.7 Å². The summed E-state index contributed by atoms with van der Waals surface area (Å²) in [7, 11) is 0. The number of hydrogen-bond donors (Lipinski definition) is 1. The summed E-state index contributed by atoms with van der Waals surface area (Å²) < 4.78 is 17.4. The molecule has 0 unspecified atom stereocenters. The van der Waals surface area contributed by atoms with Gasteiger partial charge >= 0.3 is 0 Å². The number of aromatic nitrogens is 4. The third-order valence-electron chi connectivity index (χ3n) is 3.09. The van der Waals surface area contributed by atoms with Gasteiger partial charge in [-0.3, -0.25) is 0 Å². The number of rotatable bonds is 4. The molecule has 0 fully saturated rings. The highest BCUT2D eigenvalue weighted by atomic mass is 35.5. The molecule has 0 saturated heterocycles. The fourth-order valence-corrected chi connectivity index (χ4v) is 2.02. The molecule has 2 heterocycles. The van der Waals surface area contributed by atoms with Crippen LogP contribution in [-0.4, -0.2) is 19.1 Å². The van der Waals surface area contributed by atoms with Crippen LogP contribution in [0, 0.1) is 5.82 Å². The molecular weight excluding hydrogens is 293 g/mol. The van der Waals surface area contributed by atoms with Crippen molar-refractivity contribution in [3.63, 3.8) is 0 Å². The fraction of sp³-hybridized carbons (Fsp3) is 0.143. The van der Waals surface area contributed by atoms with Crippen LogP contribution in [0.2, 0.25) is 0 Å². The van der Waals surface area contributed by atoms with E-state index in [1.807, 2.05) is 23.0 Å². The lowest BCUT2D eigenvalue weighted by Gasteiger charge is -2.05. The first-order chi connectivity index (χ1) is 9.76. The third-order valence-corrected chi connectivity index (χ3v) is 3.09. The van der Waals surface area contributed by atoms with Crippen molar-refractivity contribution < 1.29 is 4.39 Å². The molecule has 2 aromatic heterocycles. The summed E-state index contributed by atoms with van der Waals surface area (Å²) in [5.74, 6) is -0.296. The third kappa shape index (κ3) is 3.29. The van der Waals surface area contributed by atoms with Crippen LogP contribution in [0.15, 0.2) is 49.4 Å². The van der Waals surface area contributed by atoms with Crippen LogP contribution in [0.1, 0.15) is 11.3 Å². The van der Waals surface area contributed by atoms with E-state index in [9.17, 15) is 4.39 Å². The monoisotopic (exact) mass is 307 g/mol. The van der Waals surface area contributed by atoms with Gasteiger partial charge < -0.3 is 14.9 Å². The zero-order valence-electron chi connectivity index (χ0n) is 11.2. The largest absolute Gasteiger partial charge is 0.331 e. The normalized spacial score (nSPS) is 10.4. The second-order valence-electron chi connectivity index (χ2n) is 4.49. The molecule has 2 N–H and O–H groups in total. The number of nitrogens with two attached hydrogens (primary N) is 1. The van der Waals surface area contributed by atoms with Crippen LogP contribution < -0.4 is 5.73 Å². The van der Waals surface area contributed by atoms with Gasteiger partial charge in [0.2, 0.25) is 0 Å². The number of benzene rings is 1. The van der Waals surface area contributed by atoms with E-state index in [2.05, 4.69) is 9.97 Å². The van der Waals surface area contributed by atoms with Crippen LogP contribution in [0.5, 0.6) is 0 Å². The summed E-state index contributed by atoms with van der Waals surface area (Å²) in [6.45, 7) is 0.832. The van der Waals surface area contributed by atoms with Crippen LogP contribution in [0.4, 0.5) is 4.39 Å². The average Bonchev–Trinajstić information content (AvgIpc) is 3.11. The predicted octanol–water partition coefficient (Wildman–Crippen LogP) is 2.14. The lowest BCUT2D eigenvalue weighted by atomic mass is 10.2. The van der Waals surface area contributed by atoms with Gasteiger partial charge in [-0.25, -0.2) is 14.4 Å². The molecule has 110 valence electrons. The Hall–Kier alpha value is -2.18. The van der Waals surface area contributed by atoms with Gasteiger partial charge in [0.05, 0.1) is 24.9 Å². The van der Waals surface area contributed by atoms with Crippen molar-refractivity contribution in [3.05, 3.63) is 66.5 Å². The average molecular weight is 308 g/mol. The van der Waals surface area contributed by atoms with Gasteiger partial charge in [-0.1, -0.05) is 6.07 Å². The van der Waals surface area contributed by atoms with E-state index >= 15 is 0 Å². The predicted molar refractivity (Wildman–Crippen MR) is 80.0 cm³/mol. The SMILES string of the molecule is Cl.NCc1ccc(-n2cnc(Cn3ccnc3)c2)cc1F. The Morgan fingerprint density at radius 1 is 1.24 bits per heavy atom. The lowest BCUT2D eigenvalue weighted by Crippen LogP contribution is -2.01. The van der Waals surface area contributed by atoms with E-state index in [0.717, 1.165) is 11.4 Å². The first-order valence-corrected chi connectivity index (χ1v) is 6.24. The zero-order chi connectivity index (χ0) is 13.9. The molecule has 0 spiro atoms. The fourth-order valence-electron chi connectivity index (χ4n) is 2.02. The Kier molecular flexibility index (Phi) is 4.72. The molecular formula is C14H15ClFN5. The van der Waals surface area contributed by atoms with Crippen molar-refractivity contribution in [1.29, 1.82) is 0 Å². The van der Waals surface area contributed by atoms with Gasteiger partial charge in [0.25, 0.3) is 0 Å². The number of imidazole rings is 2. The second kappa shape index (κ2) is 6.51. The minimum atomic E-state index is -0.296. The first kappa shape index (κ1) is 15.2. The smallest absolute Gasteiger partial charge is 0.129 e. The summed E-state index contributed by atoms with van der Waals surface area (Å²) in [6, 6.07) is 4.99. The summed E-state index contributed by atoms with van der Waals surface area (Å²) >= 11 is 0. The summed E-state index contributed by atoms with van der Waals surface area (Å²) in [5, 5.41) is 0. The zero-order valence-corrected chi connectivity index (χ0v) is 12.0. The summed E-state index contributed by atoms with van der Waals surface area (Å²) in [5.41, 5.74) is 7.57. The van der Waals surface area contributed by atoms with E-state index in [4.69, 9.17) is 5.73 Å².